The van der Waals surface area contributed by atoms with Gasteiger partial charge in [-0.25, -0.2) is 0 Å². The van der Waals surface area contributed by atoms with Crippen molar-refractivity contribution in [3.05, 3.63) is 55.7 Å². The van der Waals surface area contributed by atoms with Crippen molar-refractivity contribution < 1.29 is 5.11 Å². The summed E-state index contributed by atoms with van der Waals surface area (Å²) < 4.78 is 0. The minimum Gasteiger partial charge on any atom is -0.387 e. The molecule has 3 N–H and O–H groups in total. The summed E-state index contributed by atoms with van der Waals surface area (Å²) in [7, 11) is 0. The van der Waals surface area contributed by atoms with Gasteiger partial charge < -0.3 is 10.8 Å². The van der Waals surface area contributed by atoms with E-state index in [1.54, 1.807) is 12.1 Å². The lowest BCUT2D eigenvalue weighted by Gasteiger charge is -2.23. The number of aliphatic hydroxyl groups is 1. The number of thiophene rings is 1. The molecule has 0 spiro atoms. The Morgan fingerprint density at radius 2 is 2.05 bits per heavy atom. The van der Waals surface area contributed by atoms with Crippen molar-refractivity contribution in [3.63, 3.8) is 0 Å². The summed E-state index contributed by atoms with van der Waals surface area (Å²) in [4.78, 5) is 0.932. The molecule has 5 heteroatoms. The Kier molecular flexibility index (Phi) is 4.87. The van der Waals surface area contributed by atoms with E-state index in [0.29, 0.717) is 16.6 Å². The zero-order valence-electron chi connectivity index (χ0n) is 10.4. The molecule has 2 aromatic rings. The molecule has 19 heavy (non-hydrogen) atoms. The Bertz CT molecular complexity index is 570. The molecule has 0 aliphatic carbocycles. The van der Waals surface area contributed by atoms with Crippen molar-refractivity contribution >= 4 is 34.5 Å². The van der Waals surface area contributed by atoms with Crippen LogP contribution in [0.15, 0.2) is 29.6 Å². The number of halogens is 2. The number of nitrogens with two attached hydrogens (primary N) is 1. The number of hydrogen-bond donors (Lipinski definition) is 2. The van der Waals surface area contributed by atoms with Crippen LogP contribution in [0.5, 0.6) is 0 Å². The molecule has 0 fully saturated rings. The van der Waals surface area contributed by atoms with Gasteiger partial charge in [0.1, 0.15) is 0 Å². The third kappa shape index (κ3) is 3.12. The van der Waals surface area contributed by atoms with Crippen molar-refractivity contribution in [1.82, 2.24) is 0 Å². The predicted octanol–water partition coefficient (Wildman–Crippen LogP) is 4.14. The number of hydrogen-bond acceptors (Lipinski definition) is 3. The third-order valence-electron chi connectivity index (χ3n) is 3.17. The molecule has 0 aliphatic heterocycles. The minimum atomic E-state index is -0.649. The van der Waals surface area contributed by atoms with Crippen LogP contribution < -0.4 is 5.73 Å². The van der Waals surface area contributed by atoms with Crippen LogP contribution in [0.1, 0.15) is 28.0 Å². The first-order chi connectivity index (χ1) is 9.04. The molecular weight excluding hydrogens is 301 g/mol. The van der Waals surface area contributed by atoms with Gasteiger partial charge in [0.15, 0.2) is 0 Å². The largest absolute Gasteiger partial charge is 0.387 e. The average Bonchev–Trinajstić information content (AvgIpc) is 2.78. The summed E-state index contributed by atoms with van der Waals surface area (Å²) in [5, 5.41) is 13.6. The summed E-state index contributed by atoms with van der Waals surface area (Å²) in [6.07, 6.45) is -0.649. The Balaban J connectivity index is 2.37. The van der Waals surface area contributed by atoms with E-state index in [9.17, 15) is 5.11 Å². The van der Waals surface area contributed by atoms with E-state index in [4.69, 9.17) is 28.9 Å². The van der Waals surface area contributed by atoms with Gasteiger partial charge in [0, 0.05) is 27.4 Å². The first kappa shape index (κ1) is 14.8. The van der Waals surface area contributed by atoms with Crippen LogP contribution in [0.25, 0.3) is 0 Å². The molecule has 0 bridgehead atoms. The maximum absolute atomic E-state index is 10.5. The van der Waals surface area contributed by atoms with E-state index >= 15 is 0 Å². The second-order valence-electron chi connectivity index (χ2n) is 4.42. The summed E-state index contributed by atoms with van der Waals surface area (Å²) in [6.45, 7) is 2.30. The predicted molar refractivity (Wildman–Crippen MR) is 82.3 cm³/mol. The fourth-order valence-corrected chi connectivity index (χ4v) is 3.62. The van der Waals surface area contributed by atoms with Gasteiger partial charge in [-0.05, 0) is 41.6 Å². The monoisotopic (exact) mass is 315 g/mol. The number of rotatable bonds is 4. The molecule has 0 saturated heterocycles. The summed E-state index contributed by atoms with van der Waals surface area (Å²) in [5.41, 5.74) is 7.72. The zero-order valence-corrected chi connectivity index (χ0v) is 12.8. The third-order valence-corrected chi connectivity index (χ3v) is 4.82. The van der Waals surface area contributed by atoms with Crippen molar-refractivity contribution in [2.75, 3.05) is 6.54 Å². The fourth-order valence-electron chi connectivity index (χ4n) is 2.10. The van der Waals surface area contributed by atoms with Crippen LogP contribution in [-0.4, -0.2) is 11.7 Å². The molecule has 1 aromatic carbocycles. The Labute approximate surface area is 126 Å². The smallest absolute Gasteiger partial charge is 0.0965 e. The standard InChI is InChI=1S/C14H15Cl2NOS/c1-8-4-5-19-14(8)13(18)11(7-17)10-3-2-9(15)6-12(10)16/h2-6,11,13,18H,7,17H2,1H3. The maximum Gasteiger partial charge on any atom is 0.0965 e. The van der Waals surface area contributed by atoms with Crippen LogP contribution in [0.4, 0.5) is 0 Å². The van der Waals surface area contributed by atoms with Crippen LogP contribution in [0, 0.1) is 6.92 Å². The number of aliphatic hydroxyl groups excluding tert-OH is 1. The maximum atomic E-state index is 10.5. The van der Waals surface area contributed by atoms with E-state index < -0.39 is 6.10 Å². The fraction of sp³-hybridized carbons (Fsp3) is 0.286. The lowest BCUT2D eigenvalue weighted by molar-refractivity contribution is 0.150. The van der Waals surface area contributed by atoms with Gasteiger partial charge in [-0.3, -0.25) is 0 Å². The van der Waals surface area contributed by atoms with Gasteiger partial charge in [0.25, 0.3) is 0 Å². The van der Waals surface area contributed by atoms with Gasteiger partial charge in [-0.2, -0.15) is 0 Å². The Morgan fingerprint density at radius 1 is 1.32 bits per heavy atom. The molecule has 0 saturated carbocycles. The van der Waals surface area contributed by atoms with Gasteiger partial charge in [0.2, 0.25) is 0 Å². The van der Waals surface area contributed by atoms with E-state index in [2.05, 4.69) is 0 Å². The number of aryl methyl sites for hydroxylation is 1. The highest BCUT2D eigenvalue weighted by Gasteiger charge is 2.25. The molecule has 2 rings (SSSR count). The van der Waals surface area contributed by atoms with Crippen molar-refractivity contribution in [2.45, 2.75) is 18.9 Å². The van der Waals surface area contributed by atoms with Crippen molar-refractivity contribution in [3.8, 4) is 0 Å². The highest BCUT2D eigenvalue weighted by molar-refractivity contribution is 7.10. The lowest BCUT2D eigenvalue weighted by atomic mass is 9.91. The van der Waals surface area contributed by atoms with Crippen LogP contribution >= 0.6 is 34.5 Å². The Hall–Kier alpha value is -0.580. The first-order valence-corrected chi connectivity index (χ1v) is 7.55. The second-order valence-corrected chi connectivity index (χ2v) is 6.21. The minimum absolute atomic E-state index is 0.234. The molecule has 2 unspecified atom stereocenters. The van der Waals surface area contributed by atoms with Gasteiger partial charge >= 0.3 is 0 Å². The molecular formula is C14H15Cl2NOS. The lowest BCUT2D eigenvalue weighted by Crippen LogP contribution is -2.20. The molecule has 102 valence electrons. The normalized spacial score (nSPS) is 14.4. The highest BCUT2D eigenvalue weighted by Crippen LogP contribution is 2.38. The van der Waals surface area contributed by atoms with E-state index in [-0.39, 0.29) is 5.92 Å². The molecule has 0 aliphatic rings. The second kappa shape index (κ2) is 6.25. The molecule has 2 atom stereocenters. The molecule has 0 radical (unpaired) electrons. The zero-order chi connectivity index (χ0) is 14.0. The van der Waals surface area contributed by atoms with E-state index in [1.807, 2.05) is 24.4 Å². The van der Waals surface area contributed by atoms with Crippen LogP contribution in [0.2, 0.25) is 10.0 Å². The van der Waals surface area contributed by atoms with Crippen molar-refractivity contribution in [1.29, 1.82) is 0 Å². The quantitative estimate of drug-likeness (QED) is 0.890. The number of benzene rings is 1. The van der Waals surface area contributed by atoms with Crippen molar-refractivity contribution in [2.24, 2.45) is 5.73 Å². The Morgan fingerprint density at radius 3 is 2.58 bits per heavy atom. The highest BCUT2D eigenvalue weighted by atomic mass is 35.5. The summed E-state index contributed by atoms with van der Waals surface area (Å²) in [5.74, 6) is -0.234. The average molecular weight is 316 g/mol. The molecule has 1 aromatic heterocycles. The molecule has 0 amide bonds. The van der Waals surface area contributed by atoms with Gasteiger partial charge in [-0.15, -0.1) is 11.3 Å². The first-order valence-electron chi connectivity index (χ1n) is 5.91. The van der Waals surface area contributed by atoms with Gasteiger partial charge in [0.05, 0.1) is 6.10 Å². The van der Waals surface area contributed by atoms with E-state index in [1.165, 1.54) is 11.3 Å². The summed E-state index contributed by atoms with van der Waals surface area (Å²) in [6, 6.07) is 7.25. The summed E-state index contributed by atoms with van der Waals surface area (Å²) >= 11 is 13.6. The topological polar surface area (TPSA) is 46.2 Å². The van der Waals surface area contributed by atoms with Gasteiger partial charge in [-0.1, -0.05) is 29.3 Å². The molecule has 1 heterocycles. The molecule has 2 nitrogen and oxygen atoms in total. The van der Waals surface area contributed by atoms with Crippen LogP contribution in [-0.2, 0) is 0 Å². The SMILES string of the molecule is Cc1ccsc1C(O)C(CN)c1ccc(Cl)cc1Cl. The van der Waals surface area contributed by atoms with Crippen LogP contribution in [0.3, 0.4) is 0 Å². The van der Waals surface area contributed by atoms with E-state index in [0.717, 1.165) is 16.0 Å².